The fourth-order valence-corrected chi connectivity index (χ4v) is 4.07. The largest absolute Gasteiger partial charge is 0.486 e. The Balaban J connectivity index is 1.63. The average molecular weight is 422 g/mol. The summed E-state index contributed by atoms with van der Waals surface area (Å²) in [6, 6.07) is 8.28. The van der Waals surface area contributed by atoms with Gasteiger partial charge in [-0.2, -0.15) is 0 Å². The van der Waals surface area contributed by atoms with Gasteiger partial charge in [0, 0.05) is 19.2 Å². The van der Waals surface area contributed by atoms with Gasteiger partial charge in [-0.15, -0.1) is 0 Å². The first kappa shape index (κ1) is 19.5. The van der Waals surface area contributed by atoms with Crippen LogP contribution in [-0.4, -0.2) is 23.9 Å². The van der Waals surface area contributed by atoms with Gasteiger partial charge in [0.15, 0.2) is 0 Å². The molecule has 2 aliphatic rings. The third-order valence-corrected chi connectivity index (χ3v) is 6.19. The summed E-state index contributed by atoms with van der Waals surface area (Å²) in [5.74, 6) is 0.240. The van der Waals surface area contributed by atoms with E-state index in [0.717, 1.165) is 36.8 Å². The Morgan fingerprint density at radius 3 is 2.50 bits per heavy atom. The first-order chi connectivity index (χ1) is 13.4. The second kappa shape index (κ2) is 7.92. The SMILES string of the molecule is CC(Oc1ccc(Cl)c(Cl)c1)c1cc(F)c(C(=O)N2CCCC2)cc1C1CC1. The van der Waals surface area contributed by atoms with Crippen LogP contribution in [0.25, 0.3) is 0 Å². The molecule has 1 heterocycles. The molecule has 6 heteroatoms. The summed E-state index contributed by atoms with van der Waals surface area (Å²) in [5, 5.41) is 0.864. The molecular weight excluding hydrogens is 400 g/mol. The first-order valence-corrected chi connectivity index (χ1v) is 10.4. The minimum Gasteiger partial charge on any atom is -0.486 e. The molecule has 3 nitrogen and oxygen atoms in total. The molecule has 4 rings (SSSR count). The van der Waals surface area contributed by atoms with Crippen molar-refractivity contribution in [3.63, 3.8) is 0 Å². The van der Waals surface area contributed by atoms with Gasteiger partial charge in [0.1, 0.15) is 17.7 Å². The summed E-state index contributed by atoms with van der Waals surface area (Å²) < 4.78 is 20.9. The first-order valence-electron chi connectivity index (χ1n) is 9.68. The lowest BCUT2D eigenvalue weighted by Crippen LogP contribution is -2.28. The predicted octanol–water partition coefficient (Wildman–Crippen LogP) is 6.39. The van der Waals surface area contributed by atoms with Crippen molar-refractivity contribution >= 4 is 29.1 Å². The molecule has 2 aromatic carbocycles. The lowest BCUT2D eigenvalue weighted by molar-refractivity contribution is 0.0788. The van der Waals surface area contributed by atoms with E-state index in [4.69, 9.17) is 27.9 Å². The van der Waals surface area contributed by atoms with Crippen molar-refractivity contribution in [2.45, 2.75) is 44.6 Å². The lowest BCUT2D eigenvalue weighted by Gasteiger charge is -2.21. The minimum absolute atomic E-state index is 0.175. The number of hydrogen-bond acceptors (Lipinski definition) is 2. The second-order valence-corrected chi connectivity index (χ2v) is 8.38. The number of likely N-dealkylation sites (tertiary alicyclic amines) is 1. The van der Waals surface area contributed by atoms with Crippen LogP contribution < -0.4 is 4.74 Å². The van der Waals surface area contributed by atoms with Gasteiger partial charge in [-0.3, -0.25) is 4.79 Å². The number of nitrogens with zero attached hydrogens (tertiary/aromatic N) is 1. The van der Waals surface area contributed by atoms with E-state index in [-0.39, 0.29) is 17.6 Å². The van der Waals surface area contributed by atoms with Gasteiger partial charge in [0.25, 0.3) is 5.91 Å². The Hall–Kier alpha value is -1.78. The number of halogens is 3. The third kappa shape index (κ3) is 3.99. The quantitative estimate of drug-likeness (QED) is 0.559. The predicted molar refractivity (Wildman–Crippen MR) is 109 cm³/mol. The van der Waals surface area contributed by atoms with Crippen molar-refractivity contribution in [2.75, 3.05) is 13.1 Å². The van der Waals surface area contributed by atoms with Crippen LogP contribution in [0.3, 0.4) is 0 Å². The van der Waals surface area contributed by atoms with Crippen molar-refractivity contribution in [3.05, 3.63) is 62.9 Å². The summed E-state index contributed by atoms with van der Waals surface area (Å²) in [5.41, 5.74) is 1.97. The maximum absolute atomic E-state index is 14.9. The van der Waals surface area contributed by atoms with Crippen LogP contribution in [0.15, 0.2) is 30.3 Å². The number of carbonyl (C=O) groups excluding carboxylic acids is 1. The van der Waals surface area contributed by atoms with Gasteiger partial charge in [0.05, 0.1) is 15.6 Å². The Kier molecular flexibility index (Phi) is 5.52. The van der Waals surface area contributed by atoms with E-state index in [9.17, 15) is 9.18 Å². The van der Waals surface area contributed by atoms with Crippen molar-refractivity contribution in [3.8, 4) is 5.75 Å². The van der Waals surface area contributed by atoms with E-state index < -0.39 is 5.82 Å². The highest BCUT2D eigenvalue weighted by atomic mass is 35.5. The van der Waals surface area contributed by atoms with Gasteiger partial charge in [-0.05, 0) is 73.9 Å². The van der Waals surface area contributed by atoms with Crippen LogP contribution in [0, 0.1) is 5.82 Å². The summed E-state index contributed by atoms with van der Waals surface area (Å²) in [6.07, 6.45) is 3.69. The number of benzene rings is 2. The van der Waals surface area contributed by atoms with E-state index in [0.29, 0.717) is 34.8 Å². The third-order valence-electron chi connectivity index (χ3n) is 5.46. The number of rotatable bonds is 5. The van der Waals surface area contributed by atoms with E-state index in [2.05, 4.69) is 0 Å². The van der Waals surface area contributed by atoms with Gasteiger partial charge in [0.2, 0.25) is 0 Å². The maximum Gasteiger partial charge on any atom is 0.256 e. The standard InChI is InChI=1S/C22H22Cl2FNO2/c1-13(28-15-6-7-19(23)20(24)10-15)16-12-21(25)18(11-17(16)14-4-5-14)22(27)26-8-2-3-9-26/h6-7,10-14H,2-5,8-9H2,1H3. The van der Waals surface area contributed by atoms with Gasteiger partial charge in [-0.25, -0.2) is 4.39 Å². The normalized spacial score (nSPS) is 17.6. The average Bonchev–Trinajstić information content (AvgIpc) is 3.37. The second-order valence-electron chi connectivity index (χ2n) is 7.57. The van der Waals surface area contributed by atoms with Gasteiger partial charge < -0.3 is 9.64 Å². The number of amides is 1. The molecule has 1 amide bonds. The fraction of sp³-hybridized carbons (Fsp3) is 0.409. The Morgan fingerprint density at radius 2 is 1.86 bits per heavy atom. The van der Waals surface area contributed by atoms with Crippen LogP contribution in [0.5, 0.6) is 5.75 Å². The summed E-state index contributed by atoms with van der Waals surface area (Å²) in [7, 11) is 0. The van der Waals surface area contributed by atoms with E-state index in [1.807, 2.05) is 6.92 Å². The molecule has 1 aliphatic carbocycles. The molecule has 148 valence electrons. The highest BCUT2D eigenvalue weighted by Crippen LogP contribution is 2.44. The molecule has 1 atom stereocenters. The van der Waals surface area contributed by atoms with E-state index in [1.165, 1.54) is 6.07 Å². The zero-order valence-corrected chi connectivity index (χ0v) is 17.2. The van der Waals surface area contributed by atoms with Crippen molar-refractivity contribution in [2.24, 2.45) is 0 Å². The molecule has 2 aromatic rings. The van der Waals surface area contributed by atoms with E-state index in [1.54, 1.807) is 29.2 Å². The van der Waals surface area contributed by atoms with Crippen LogP contribution in [-0.2, 0) is 0 Å². The molecule has 1 saturated heterocycles. The molecule has 1 saturated carbocycles. The summed E-state index contributed by atoms with van der Waals surface area (Å²) >= 11 is 12.0. The molecule has 0 bridgehead atoms. The highest BCUT2D eigenvalue weighted by Gasteiger charge is 2.31. The van der Waals surface area contributed by atoms with Crippen LogP contribution in [0.1, 0.15) is 66.1 Å². The van der Waals surface area contributed by atoms with Crippen LogP contribution in [0.2, 0.25) is 10.0 Å². The fourth-order valence-electron chi connectivity index (χ4n) is 3.78. The number of carbonyl (C=O) groups is 1. The Morgan fingerprint density at radius 1 is 1.14 bits per heavy atom. The van der Waals surface area contributed by atoms with Crippen molar-refractivity contribution < 1.29 is 13.9 Å². The lowest BCUT2D eigenvalue weighted by atomic mass is 9.95. The molecule has 0 spiro atoms. The van der Waals surface area contributed by atoms with Crippen molar-refractivity contribution in [1.82, 2.24) is 4.90 Å². The monoisotopic (exact) mass is 421 g/mol. The molecule has 1 unspecified atom stereocenters. The smallest absolute Gasteiger partial charge is 0.256 e. The van der Waals surface area contributed by atoms with Gasteiger partial charge >= 0.3 is 0 Å². The number of hydrogen-bond donors (Lipinski definition) is 0. The van der Waals surface area contributed by atoms with E-state index >= 15 is 0 Å². The topological polar surface area (TPSA) is 29.5 Å². The molecule has 0 aromatic heterocycles. The molecule has 0 N–H and O–H groups in total. The highest BCUT2D eigenvalue weighted by molar-refractivity contribution is 6.42. The zero-order chi connectivity index (χ0) is 19.8. The molecule has 0 radical (unpaired) electrons. The molecule has 1 aliphatic heterocycles. The Labute approximate surface area is 174 Å². The number of ether oxygens (including phenoxy) is 1. The molecular formula is C22H22Cl2FNO2. The van der Waals surface area contributed by atoms with Crippen LogP contribution >= 0.6 is 23.2 Å². The molecule has 28 heavy (non-hydrogen) atoms. The minimum atomic E-state index is -0.485. The Bertz CT molecular complexity index is 908. The summed E-state index contributed by atoms with van der Waals surface area (Å²) in [6.45, 7) is 3.29. The zero-order valence-electron chi connectivity index (χ0n) is 15.7. The molecule has 2 fully saturated rings. The van der Waals surface area contributed by atoms with Crippen molar-refractivity contribution in [1.29, 1.82) is 0 Å². The van der Waals surface area contributed by atoms with Gasteiger partial charge in [-0.1, -0.05) is 23.2 Å². The maximum atomic E-state index is 14.9. The summed E-state index contributed by atoms with van der Waals surface area (Å²) in [4.78, 5) is 14.5. The van der Waals surface area contributed by atoms with Crippen LogP contribution in [0.4, 0.5) is 4.39 Å².